The summed E-state index contributed by atoms with van der Waals surface area (Å²) in [7, 11) is 2.04. The minimum atomic E-state index is -0.123. The van der Waals surface area contributed by atoms with E-state index in [1.165, 1.54) is 47.8 Å². The summed E-state index contributed by atoms with van der Waals surface area (Å²) >= 11 is 8.27. The van der Waals surface area contributed by atoms with Crippen LogP contribution in [-0.4, -0.2) is 55.5 Å². The zero-order valence-corrected chi connectivity index (χ0v) is 24.4. The number of carbonyl (C=O) groups is 2. The van der Waals surface area contributed by atoms with Gasteiger partial charge in [0.25, 0.3) is 0 Å². The first-order valence-corrected chi connectivity index (χ1v) is 15.6. The summed E-state index contributed by atoms with van der Waals surface area (Å²) in [6, 6.07) is 8.57. The van der Waals surface area contributed by atoms with Crippen molar-refractivity contribution in [2.45, 2.75) is 63.6 Å². The molecule has 0 saturated carbocycles. The second kappa shape index (κ2) is 9.64. The van der Waals surface area contributed by atoms with E-state index < -0.39 is 0 Å². The Morgan fingerprint density at radius 1 is 1.07 bits per heavy atom. The van der Waals surface area contributed by atoms with Crippen molar-refractivity contribution < 1.29 is 14.3 Å². The van der Waals surface area contributed by atoms with Crippen LogP contribution < -0.4 is 4.74 Å². The van der Waals surface area contributed by atoms with E-state index in [1.54, 1.807) is 17.5 Å². The van der Waals surface area contributed by atoms with Crippen LogP contribution in [0.5, 0.6) is 5.75 Å². The number of benzene rings is 1. The molecule has 8 rings (SSSR count). The van der Waals surface area contributed by atoms with E-state index in [-0.39, 0.29) is 24.5 Å². The molecule has 1 aliphatic carbocycles. The van der Waals surface area contributed by atoms with E-state index in [0.717, 1.165) is 56.8 Å². The zero-order chi connectivity index (χ0) is 27.8. The molecule has 1 unspecified atom stereocenters. The molecular formula is C31H30ClN5O3S. The van der Waals surface area contributed by atoms with Gasteiger partial charge in [0.15, 0.2) is 0 Å². The Kier molecular flexibility index (Phi) is 5.98. The van der Waals surface area contributed by atoms with Crippen LogP contribution in [0, 0.1) is 0 Å². The molecule has 0 radical (unpaired) electrons. The van der Waals surface area contributed by atoms with E-state index >= 15 is 0 Å². The van der Waals surface area contributed by atoms with Crippen molar-refractivity contribution >= 4 is 45.0 Å². The lowest BCUT2D eigenvalue weighted by Crippen LogP contribution is -2.47. The Hall–Kier alpha value is -3.27. The van der Waals surface area contributed by atoms with Crippen molar-refractivity contribution in [3.05, 3.63) is 62.9 Å². The highest BCUT2D eigenvalue weighted by atomic mass is 35.5. The third-order valence-corrected chi connectivity index (χ3v) is 10.5. The lowest BCUT2D eigenvalue weighted by atomic mass is 9.87. The number of carbonyl (C=O) groups excluding carboxylic acids is 2. The Balaban J connectivity index is 1.14. The molecule has 4 aromatic rings. The number of pyridine rings is 1. The number of hydrogen-bond donors (Lipinski definition) is 0. The maximum absolute atomic E-state index is 12.2. The van der Waals surface area contributed by atoms with Crippen LogP contribution in [-0.2, 0) is 42.4 Å². The van der Waals surface area contributed by atoms with Crippen molar-refractivity contribution in [1.29, 1.82) is 0 Å². The number of aryl methyl sites for hydroxylation is 2. The smallest absolute Gasteiger partial charge is 0.230 e. The van der Waals surface area contributed by atoms with Gasteiger partial charge in [-0.2, -0.15) is 5.10 Å². The fourth-order valence-electron chi connectivity index (χ4n) is 7.03. The van der Waals surface area contributed by atoms with Crippen molar-refractivity contribution in [3.8, 4) is 16.9 Å². The summed E-state index contributed by atoms with van der Waals surface area (Å²) in [5.74, 6) is 0.638. The summed E-state index contributed by atoms with van der Waals surface area (Å²) in [4.78, 5) is 33.9. The first kappa shape index (κ1) is 25.4. The van der Waals surface area contributed by atoms with Gasteiger partial charge in [-0.15, -0.1) is 11.3 Å². The minimum Gasteiger partial charge on any atom is -0.483 e. The van der Waals surface area contributed by atoms with Gasteiger partial charge in [0.05, 0.1) is 28.1 Å². The van der Waals surface area contributed by atoms with Gasteiger partial charge in [-0.05, 0) is 63.0 Å². The number of halogens is 1. The molecular weight excluding hydrogens is 558 g/mol. The molecule has 0 N–H and O–H groups in total. The molecule has 3 aliphatic heterocycles. The molecule has 8 nitrogen and oxygen atoms in total. The van der Waals surface area contributed by atoms with E-state index in [0.29, 0.717) is 23.9 Å². The van der Waals surface area contributed by atoms with Gasteiger partial charge in [0.1, 0.15) is 11.9 Å². The average molecular weight is 588 g/mol. The molecule has 1 aromatic carbocycles. The number of nitrogens with zero attached hydrogens (tertiary/aromatic N) is 5. The third kappa shape index (κ3) is 4.20. The van der Waals surface area contributed by atoms with Crippen molar-refractivity contribution in [3.63, 3.8) is 0 Å². The van der Waals surface area contributed by atoms with E-state index in [1.807, 2.05) is 36.0 Å². The van der Waals surface area contributed by atoms with Gasteiger partial charge >= 0.3 is 0 Å². The zero-order valence-electron chi connectivity index (χ0n) is 22.9. The van der Waals surface area contributed by atoms with Crippen molar-refractivity contribution in [2.24, 2.45) is 7.05 Å². The lowest BCUT2D eigenvalue weighted by molar-refractivity contribution is -0.138. The molecule has 2 saturated heterocycles. The van der Waals surface area contributed by atoms with Crippen LogP contribution in [0.1, 0.15) is 59.2 Å². The molecule has 2 fully saturated rings. The topological polar surface area (TPSA) is 80.6 Å². The fraction of sp³-hybridized carbons (Fsp3) is 0.419. The number of rotatable bonds is 5. The number of aromatic nitrogens is 3. The number of thiophene rings is 1. The molecule has 210 valence electrons. The number of hydrogen-bond acceptors (Lipinski definition) is 7. The molecule has 2 amide bonds. The van der Waals surface area contributed by atoms with Gasteiger partial charge in [0.2, 0.25) is 11.8 Å². The summed E-state index contributed by atoms with van der Waals surface area (Å²) in [6.45, 7) is 2.70. The van der Waals surface area contributed by atoms with Gasteiger partial charge < -0.3 is 4.74 Å². The minimum absolute atomic E-state index is 0.110. The Morgan fingerprint density at radius 3 is 2.68 bits per heavy atom. The van der Waals surface area contributed by atoms with Crippen LogP contribution in [0.3, 0.4) is 0 Å². The number of amides is 2. The number of fused-ring (bicyclic) bond motifs is 3. The Labute approximate surface area is 246 Å². The molecule has 10 heteroatoms. The standard InChI is InChI=1S/C31H30ClN5O3S/c1-35-29(23-14-19(36-9-2-10-36)3-4-24(23)34-35)26-12-17-11-18(32)13-22(30(17)40-26)21-7-8-33-25-15-20(41-31(21)25)16-37-27(38)5-6-28(37)39/h7-8,11,13,15,19,26H,2-6,9-10,12,14,16H2,1H3/t19?,26-/m1/s1. The first-order valence-electron chi connectivity index (χ1n) is 14.4. The Morgan fingerprint density at radius 2 is 1.90 bits per heavy atom. The maximum Gasteiger partial charge on any atom is 0.230 e. The van der Waals surface area contributed by atoms with Gasteiger partial charge in [-0.1, -0.05) is 11.6 Å². The summed E-state index contributed by atoms with van der Waals surface area (Å²) in [6.07, 6.45) is 7.53. The van der Waals surface area contributed by atoms with Crippen molar-refractivity contribution in [1.82, 2.24) is 24.6 Å². The summed E-state index contributed by atoms with van der Waals surface area (Å²) < 4.78 is 9.85. The van der Waals surface area contributed by atoms with Gasteiger partial charge in [-0.25, -0.2) is 0 Å². The van der Waals surface area contributed by atoms with Crippen LogP contribution in [0.4, 0.5) is 0 Å². The molecule has 41 heavy (non-hydrogen) atoms. The summed E-state index contributed by atoms with van der Waals surface area (Å²) in [5.41, 5.74) is 7.63. The van der Waals surface area contributed by atoms with Crippen LogP contribution in [0.2, 0.25) is 5.02 Å². The highest BCUT2D eigenvalue weighted by molar-refractivity contribution is 7.19. The predicted molar refractivity (Wildman–Crippen MR) is 157 cm³/mol. The normalized spacial score (nSPS) is 22.2. The van der Waals surface area contributed by atoms with Crippen LogP contribution >= 0.6 is 22.9 Å². The number of imide groups is 1. The second-order valence-corrected chi connectivity index (χ2v) is 13.2. The predicted octanol–water partition coefficient (Wildman–Crippen LogP) is 5.24. The van der Waals surface area contributed by atoms with E-state index in [4.69, 9.17) is 21.4 Å². The van der Waals surface area contributed by atoms with Gasteiger partial charge in [-0.3, -0.25) is 29.1 Å². The molecule has 0 bridgehead atoms. The SMILES string of the molecule is Cn1nc2c(c1[C@H]1Cc3cc(Cl)cc(-c4ccnc5cc(CN6C(=O)CCC6=O)sc45)c3O1)CC(N1CCC1)CC2. The number of likely N-dealkylation sites (tertiary alicyclic amines) is 2. The fourth-order valence-corrected chi connectivity index (χ4v) is 8.40. The van der Waals surface area contributed by atoms with Crippen LogP contribution in [0.25, 0.3) is 21.3 Å². The number of ether oxygens (including phenoxy) is 1. The van der Waals surface area contributed by atoms with E-state index in [9.17, 15) is 9.59 Å². The summed E-state index contributed by atoms with van der Waals surface area (Å²) in [5, 5.41) is 5.59. The Bertz CT molecular complexity index is 1730. The van der Waals surface area contributed by atoms with Crippen LogP contribution in [0.15, 0.2) is 30.5 Å². The molecule has 3 aromatic heterocycles. The quantitative estimate of drug-likeness (QED) is 0.297. The van der Waals surface area contributed by atoms with E-state index in [2.05, 4.69) is 9.88 Å². The largest absolute Gasteiger partial charge is 0.483 e. The maximum atomic E-state index is 12.2. The highest BCUT2D eigenvalue weighted by Gasteiger charge is 2.37. The highest BCUT2D eigenvalue weighted by Crippen LogP contribution is 2.48. The lowest BCUT2D eigenvalue weighted by Gasteiger charge is -2.40. The second-order valence-electron chi connectivity index (χ2n) is 11.6. The average Bonchev–Trinajstić information content (AvgIpc) is 3.67. The molecule has 0 spiro atoms. The molecule has 4 aliphatic rings. The van der Waals surface area contributed by atoms with Crippen molar-refractivity contribution in [2.75, 3.05) is 13.1 Å². The molecule has 6 heterocycles. The third-order valence-electron chi connectivity index (χ3n) is 9.16. The molecule has 2 atom stereocenters. The van der Waals surface area contributed by atoms with Gasteiger partial charge in [0, 0.05) is 70.7 Å². The first-order chi connectivity index (χ1) is 19.9. The monoisotopic (exact) mass is 587 g/mol.